The second-order valence-electron chi connectivity index (χ2n) is 7.98. The highest BCUT2D eigenvalue weighted by Gasteiger charge is 2.34. The minimum Gasteiger partial charge on any atom is -0.478 e. The van der Waals surface area contributed by atoms with Gasteiger partial charge in [0.05, 0.1) is 16.8 Å². The number of benzene rings is 2. The highest BCUT2D eigenvalue weighted by Crippen LogP contribution is 2.27. The van der Waals surface area contributed by atoms with Crippen LogP contribution in [0.5, 0.6) is 0 Å². The van der Waals surface area contributed by atoms with Crippen LogP contribution >= 0.6 is 23.8 Å². The van der Waals surface area contributed by atoms with E-state index in [9.17, 15) is 29.4 Å². The summed E-state index contributed by atoms with van der Waals surface area (Å²) in [4.78, 5) is 50.3. The second-order valence-corrected chi connectivity index (χ2v) is 8.80. The van der Waals surface area contributed by atoms with Gasteiger partial charge in [-0.15, -0.1) is 0 Å². The first-order valence-corrected chi connectivity index (χ1v) is 11.2. The molecule has 0 unspecified atom stereocenters. The molecule has 2 aromatic carbocycles. The number of halogens is 1. The Morgan fingerprint density at radius 2 is 1.53 bits per heavy atom. The molecule has 2 amide bonds. The third-order valence-corrected chi connectivity index (χ3v) is 6.16. The lowest BCUT2D eigenvalue weighted by Gasteiger charge is -2.28. The van der Waals surface area contributed by atoms with E-state index < -0.39 is 23.8 Å². The van der Waals surface area contributed by atoms with Crippen molar-refractivity contribution in [1.29, 1.82) is 0 Å². The lowest BCUT2D eigenvalue weighted by atomic mass is 10.1. The van der Waals surface area contributed by atoms with Gasteiger partial charge in [-0.05, 0) is 86.2 Å². The highest BCUT2D eigenvalue weighted by atomic mass is 35.5. The van der Waals surface area contributed by atoms with Crippen LogP contribution in [-0.4, -0.2) is 43.6 Å². The molecular weight excluding hydrogens is 506 g/mol. The maximum atomic E-state index is 13.3. The first-order chi connectivity index (χ1) is 17.0. The number of anilines is 1. The molecule has 2 heterocycles. The topological polar surface area (TPSA) is 129 Å². The van der Waals surface area contributed by atoms with Gasteiger partial charge in [0.15, 0.2) is 5.11 Å². The fraction of sp³-hybridized carbons (Fsp3) is 0.0800. The number of aromatic carboxylic acids is 2. The smallest absolute Gasteiger partial charge is 0.335 e. The second kappa shape index (κ2) is 9.40. The summed E-state index contributed by atoms with van der Waals surface area (Å²) < 4.78 is 1.65. The molecule has 0 bridgehead atoms. The van der Waals surface area contributed by atoms with E-state index >= 15 is 0 Å². The minimum absolute atomic E-state index is 0.0679. The summed E-state index contributed by atoms with van der Waals surface area (Å²) in [5.74, 6) is -3.84. The third-order valence-electron chi connectivity index (χ3n) is 5.63. The zero-order valence-electron chi connectivity index (χ0n) is 18.9. The number of amides is 2. The van der Waals surface area contributed by atoms with Gasteiger partial charge in [-0.3, -0.25) is 19.8 Å². The number of aromatic nitrogens is 1. The van der Waals surface area contributed by atoms with E-state index in [4.69, 9.17) is 23.8 Å². The summed E-state index contributed by atoms with van der Waals surface area (Å²) in [7, 11) is 0. The van der Waals surface area contributed by atoms with E-state index in [-0.39, 0.29) is 21.8 Å². The van der Waals surface area contributed by atoms with Crippen LogP contribution in [0.3, 0.4) is 0 Å². The Kier molecular flexibility index (Phi) is 6.49. The van der Waals surface area contributed by atoms with Gasteiger partial charge in [0.1, 0.15) is 5.57 Å². The molecule has 0 atom stereocenters. The van der Waals surface area contributed by atoms with Crippen LogP contribution in [0, 0.1) is 13.8 Å². The van der Waals surface area contributed by atoms with Gasteiger partial charge in [-0.25, -0.2) is 9.59 Å². The Labute approximate surface area is 215 Å². The number of nitrogens with zero attached hydrogens (tertiary/aromatic N) is 2. The number of hydrogen-bond donors (Lipinski definition) is 3. The number of hydrogen-bond acceptors (Lipinski definition) is 5. The molecule has 3 aromatic rings. The molecule has 1 aliphatic heterocycles. The lowest BCUT2D eigenvalue weighted by Crippen LogP contribution is -2.54. The van der Waals surface area contributed by atoms with Crippen LogP contribution in [0.2, 0.25) is 5.02 Å². The van der Waals surface area contributed by atoms with Crippen LogP contribution in [0.1, 0.15) is 37.7 Å². The Morgan fingerprint density at radius 3 is 2.08 bits per heavy atom. The molecule has 0 aliphatic carbocycles. The summed E-state index contributed by atoms with van der Waals surface area (Å²) in [6.45, 7) is 3.45. The normalized spacial score (nSPS) is 14.8. The van der Waals surface area contributed by atoms with E-state index in [0.717, 1.165) is 6.07 Å². The van der Waals surface area contributed by atoms with Gasteiger partial charge < -0.3 is 14.8 Å². The standard InChI is InChI=1S/C25H18ClN3O6S/c1-12-7-14(13(2)28(12)19-9-15(23(32)33)8-16(10-19)24(34)35)11-20-21(30)27-25(36)29(22(20)31)18-5-3-17(26)4-6-18/h3-11H,1-2H3,(H,32,33)(H,34,35)(H,27,30,36). The van der Waals surface area contributed by atoms with Crippen LogP contribution in [0.25, 0.3) is 11.8 Å². The number of thiocarbonyl (C=S) groups is 1. The predicted octanol–water partition coefficient (Wildman–Crippen LogP) is 3.98. The number of carbonyl (C=O) groups excluding carboxylic acids is 2. The van der Waals surface area contributed by atoms with E-state index in [0.29, 0.717) is 33.3 Å². The molecule has 3 N–H and O–H groups in total. The maximum absolute atomic E-state index is 13.3. The van der Waals surface area contributed by atoms with Gasteiger partial charge in [0.25, 0.3) is 11.8 Å². The molecule has 36 heavy (non-hydrogen) atoms. The van der Waals surface area contributed by atoms with Crippen molar-refractivity contribution in [2.45, 2.75) is 13.8 Å². The van der Waals surface area contributed by atoms with Crippen molar-refractivity contribution in [2.24, 2.45) is 0 Å². The third kappa shape index (κ3) is 4.51. The number of nitrogens with one attached hydrogen (secondary N) is 1. The number of carboxylic acids is 2. The lowest BCUT2D eigenvalue weighted by molar-refractivity contribution is -0.122. The van der Waals surface area contributed by atoms with E-state index in [2.05, 4.69) is 5.32 Å². The summed E-state index contributed by atoms with van der Waals surface area (Å²) in [5, 5.41) is 21.8. The largest absolute Gasteiger partial charge is 0.478 e. The van der Waals surface area contributed by atoms with Crippen molar-refractivity contribution in [3.8, 4) is 5.69 Å². The van der Waals surface area contributed by atoms with Gasteiger partial charge in [0.2, 0.25) is 0 Å². The van der Waals surface area contributed by atoms with E-state index in [1.54, 1.807) is 48.7 Å². The van der Waals surface area contributed by atoms with E-state index in [1.165, 1.54) is 23.1 Å². The molecule has 9 nitrogen and oxygen atoms in total. The molecule has 0 saturated carbocycles. The van der Waals surface area contributed by atoms with Crippen LogP contribution in [0.4, 0.5) is 5.69 Å². The van der Waals surface area contributed by atoms with Crippen molar-refractivity contribution in [3.63, 3.8) is 0 Å². The number of carbonyl (C=O) groups is 4. The van der Waals surface area contributed by atoms with Gasteiger partial charge in [-0.1, -0.05) is 11.6 Å². The Hall–Kier alpha value is -4.28. The number of rotatable bonds is 5. The molecular formula is C25H18ClN3O6S. The molecule has 4 rings (SSSR count). The fourth-order valence-electron chi connectivity index (χ4n) is 3.96. The van der Waals surface area contributed by atoms with Gasteiger partial charge in [-0.2, -0.15) is 0 Å². The Bertz CT molecular complexity index is 1470. The molecule has 11 heteroatoms. The van der Waals surface area contributed by atoms with Crippen molar-refractivity contribution in [3.05, 3.63) is 87.2 Å². The maximum Gasteiger partial charge on any atom is 0.335 e. The minimum atomic E-state index is -1.27. The van der Waals surface area contributed by atoms with Crippen molar-refractivity contribution >= 4 is 64.4 Å². The molecule has 1 fully saturated rings. The summed E-state index contributed by atoms with van der Waals surface area (Å²) in [6, 6.07) is 11.9. The monoisotopic (exact) mass is 523 g/mol. The number of aryl methyl sites for hydroxylation is 1. The van der Waals surface area contributed by atoms with Gasteiger partial charge in [0, 0.05) is 22.1 Å². The molecule has 0 radical (unpaired) electrons. The summed E-state index contributed by atoms with van der Waals surface area (Å²) in [6.07, 6.45) is 1.42. The van der Waals surface area contributed by atoms with Gasteiger partial charge >= 0.3 is 11.9 Å². The van der Waals surface area contributed by atoms with Crippen molar-refractivity contribution in [1.82, 2.24) is 9.88 Å². The molecule has 0 spiro atoms. The first-order valence-electron chi connectivity index (χ1n) is 10.5. The number of carboxylic acid groups (broad SMARTS) is 2. The quantitative estimate of drug-likeness (QED) is 0.262. The fourth-order valence-corrected chi connectivity index (χ4v) is 4.36. The summed E-state index contributed by atoms with van der Waals surface area (Å²) in [5.41, 5.74) is 1.90. The van der Waals surface area contributed by atoms with Crippen molar-refractivity contribution in [2.75, 3.05) is 4.90 Å². The first kappa shape index (κ1) is 24.8. The SMILES string of the molecule is Cc1cc(C=C2C(=O)NC(=S)N(c3ccc(Cl)cc3)C2=O)c(C)n1-c1cc(C(=O)O)cc(C(=O)O)c1. The summed E-state index contributed by atoms with van der Waals surface area (Å²) >= 11 is 11.1. The zero-order valence-corrected chi connectivity index (χ0v) is 20.5. The molecule has 1 aromatic heterocycles. The molecule has 1 aliphatic rings. The molecule has 1 saturated heterocycles. The average Bonchev–Trinajstić information content (AvgIpc) is 3.10. The molecule has 182 valence electrons. The predicted molar refractivity (Wildman–Crippen MR) is 137 cm³/mol. The Morgan fingerprint density at radius 1 is 0.944 bits per heavy atom. The van der Waals surface area contributed by atoms with Crippen LogP contribution in [0.15, 0.2) is 54.1 Å². The zero-order chi connectivity index (χ0) is 26.3. The average molecular weight is 524 g/mol. The van der Waals surface area contributed by atoms with Crippen LogP contribution < -0.4 is 10.2 Å². The van der Waals surface area contributed by atoms with E-state index in [1.807, 2.05) is 0 Å². The Balaban J connectivity index is 1.80. The van der Waals surface area contributed by atoms with Crippen molar-refractivity contribution < 1.29 is 29.4 Å². The highest BCUT2D eigenvalue weighted by molar-refractivity contribution is 7.80. The van der Waals surface area contributed by atoms with Crippen LogP contribution in [-0.2, 0) is 9.59 Å².